The lowest BCUT2D eigenvalue weighted by Crippen LogP contribution is -2.32. The summed E-state index contributed by atoms with van der Waals surface area (Å²) in [5.74, 6) is -0.0181. The Balaban J connectivity index is 2.58. The predicted molar refractivity (Wildman–Crippen MR) is 46.5 cm³/mol. The first-order valence-electron chi connectivity index (χ1n) is 4.20. The summed E-state index contributed by atoms with van der Waals surface area (Å²) < 4.78 is 0. The molecule has 0 saturated carbocycles. The zero-order valence-corrected chi connectivity index (χ0v) is 7.47. The van der Waals surface area contributed by atoms with Crippen molar-refractivity contribution in [3.8, 4) is 0 Å². The third-order valence-corrected chi connectivity index (χ3v) is 2.13. The van der Waals surface area contributed by atoms with Gasteiger partial charge in [-0.05, 0) is 12.8 Å². The molecule has 0 aromatic heterocycles. The van der Waals surface area contributed by atoms with E-state index in [0.717, 1.165) is 19.0 Å². The van der Waals surface area contributed by atoms with Crippen LogP contribution in [0.25, 0.3) is 0 Å². The Labute approximate surface area is 76.2 Å². The first kappa shape index (κ1) is 9.70. The lowest BCUT2D eigenvalue weighted by atomic mass is 10.2. The molecular weight excluding hydrogens is 172 g/mol. The average molecular weight is 184 g/mol. The molecule has 1 aliphatic heterocycles. The first-order chi connectivity index (χ1) is 6.11. The van der Waals surface area contributed by atoms with Crippen molar-refractivity contribution in [2.45, 2.75) is 25.8 Å². The van der Waals surface area contributed by atoms with E-state index in [0.29, 0.717) is 6.54 Å². The minimum atomic E-state index is -0.503. The van der Waals surface area contributed by atoms with E-state index in [4.69, 9.17) is 0 Å². The predicted octanol–water partition coefficient (Wildman–Crippen LogP) is 0.788. The largest absolute Gasteiger partial charge is 0.336 e. The quantitative estimate of drug-likeness (QED) is 0.470. The average Bonchev–Trinajstić information content (AvgIpc) is 2.47. The van der Waals surface area contributed by atoms with Crippen molar-refractivity contribution in [3.63, 3.8) is 0 Å². The van der Waals surface area contributed by atoms with Crippen LogP contribution in [0.1, 0.15) is 19.8 Å². The van der Waals surface area contributed by atoms with Crippen molar-refractivity contribution in [3.05, 3.63) is 22.4 Å². The number of likely N-dealkylation sites (tertiary alicyclic amines) is 1. The molecule has 1 rings (SSSR count). The highest BCUT2D eigenvalue weighted by Gasteiger charge is 2.24. The lowest BCUT2D eigenvalue weighted by Gasteiger charge is -2.18. The summed E-state index contributed by atoms with van der Waals surface area (Å²) in [4.78, 5) is 22.2. The molecule has 0 aromatic rings. The number of hydrogen-bond acceptors (Lipinski definition) is 3. The highest BCUT2D eigenvalue weighted by atomic mass is 16.6. The maximum atomic E-state index is 11.0. The van der Waals surface area contributed by atoms with E-state index in [1.165, 1.54) is 13.0 Å². The summed E-state index contributed by atoms with van der Waals surface area (Å²) in [6.45, 7) is 2.19. The Morgan fingerprint density at radius 1 is 1.69 bits per heavy atom. The van der Waals surface area contributed by atoms with Crippen LogP contribution < -0.4 is 0 Å². The van der Waals surface area contributed by atoms with Crippen molar-refractivity contribution < 1.29 is 9.72 Å². The molecule has 0 bridgehead atoms. The minimum absolute atomic E-state index is 0.0181. The van der Waals surface area contributed by atoms with Crippen LogP contribution in [0.4, 0.5) is 0 Å². The molecular formula is C8H12N2O3. The second-order valence-electron chi connectivity index (χ2n) is 3.05. The van der Waals surface area contributed by atoms with Crippen molar-refractivity contribution in [2.24, 2.45) is 0 Å². The van der Waals surface area contributed by atoms with Gasteiger partial charge in [-0.3, -0.25) is 14.9 Å². The molecule has 13 heavy (non-hydrogen) atoms. The summed E-state index contributed by atoms with van der Waals surface area (Å²) >= 11 is 0. The lowest BCUT2D eigenvalue weighted by molar-refractivity contribution is -0.402. The molecule has 0 aromatic carbocycles. The molecule has 1 aliphatic rings. The van der Waals surface area contributed by atoms with E-state index in [1.807, 2.05) is 0 Å². The van der Waals surface area contributed by atoms with Gasteiger partial charge in [0.25, 0.3) is 0 Å². The van der Waals surface area contributed by atoms with Crippen LogP contribution in [0.3, 0.4) is 0 Å². The second kappa shape index (κ2) is 4.02. The van der Waals surface area contributed by atoms with Crippen molar-refractivity contribution in [1.82, 2.24) is 4.90 Å². The highest BCUT2D eigenvalue weighted by molar-refractivity contribution is 5.74. The molecule has 5 nitrogen and oxygen atoms in total. The topological polar surface area (TPSA) is 63.5 Å². The van der Waals surface area contributed by atoms with Gasteiger partial charge in [-0.25, -0.2) is 0 Å². The van der Waals surface area contributed by atoms with Crippen LogP contribution in [0.15, 0.2) is 12.3 Å². The summed E-state index contributed by atoms with van der Waals surface area (Å²) in [7, 11) is 0. The van der Waals surface area contributed by atoms with Gasteiger partial charge in [-0.2, -0.15) is 0 Å². The normalized spacial score (nSPS) is 22.5. The molecule has 1 atom stereocenters. The van der Waals surface area contributed by atoms with Crippen LogP contribution in [0, 0.1) is 10.1 Å². The van der Waals surface area contributed by atoms with Gasteiger partial charge in [0.2, 0.25) is 12.1 Å². The molecule has 1 heterocycles. The number of nitrogens with zero attached hydrogens (tertiary/aromatic N) is 2. The van der Waals surface area contributed by atoms with Crippen molar-refractivity contribution in [1.29, 1.82) is 0 Å². The van der Waals surface area contributed by atoms with Gasteiger partial charge in [-0.1, -0.05) is 0 Å². The number of carbonyl (C=O) groups excluding carboxylic acids is 1. The molecule has 1 saturated heterocycles. The van der Waals surface area contributed by atoms with Crippen LogP contribution in [-0.2, 0) is 4.79 Å². The highest BCUT2D eigenvalue weighted by Crippen LogP contribution is 2.17. The Morgan fingerprint density at radius 3 is 2.92 bits per heavy atom. The number of amides is 1. The summed E-state index contributed by atoms with van der Waals surface area (Å²) in [6, 6.07) is -0.0806. The van der Waals surface area contributed by atoms with Crippen molar-refractivity contribution in [2.75, 3.05) is 6.54 Å². The van der Waals surface area contributed by atoms with Gasteiger partial charge in [0, 0.05) is 19.5 Å². The monoisotopic (exact) mass is 184 g/mol. The fraction of sp³-hybridized carbons (Fsp3) is 0.625. The van der Waals surface area contributed by atoms with Crippen LogP contribution in [-0.4, -0.2) is 28.3 Å². The molecule has 72 valence electrons. The van der Waals surface area contributed by atoms with Gasteiger partial charge < -0.3 is 4.90 Å². The van der Waals surface area contributed by atoms with Crippen LogP contribution in [0.2, 0.25) is 0 Å². The van der Waals surface area contributed by atoms with Gasteiger partial charge in [0.05, 0.1) is 11.0 Å². The molecule has 0 N–H and O–H groups in total. The molecule has 1 unspecified atom stereocenters. The third-order valence-electron chi connectivity index (χ3n) is 2.13. The SMILES string of the molecule is CC(=O)N1CCCC1/C=C/[N+](=O)[O-]. The Morgan fingerprint density at radius 2 is 2.38 bits per heavy atom. The van der Waals surface area contributed by atoms with E-state index in [-0.39, 0.29) is 11.9 Å². The molecule has 1 fully saturated rings. The minimum Gasteiger partial charge on any atom is -0.336 e. The first-order valence-corrected chi connectivity index (χ1v) is 4.20. The zero-order valence-electron chi connectivity index (χ0n) is 7.47. The Kier molecular flexibility index (Phi) is 3.00. The van der Waals surface area contributed by atoms with Gasteiger partial charge in [-0.15, -0.1) is 0 Å². The standard InChI is InChI=1S/C8H12N2O3/c1-7(11)9-5-2-3-8(9)4-6-10(12)13/h4,6,8H,2-3,5H2,1H3/b6-4+. The molecule has 1 amide bonds. The number of hydrogen-bond donors (Lipinski definition) is 0. The Hall–Kier alpha value is -1.39. The van der Waals surface area contributed by atoms with E-state index >= 15 is 0 Å². The second-order valence-corrected chi connectivity index (χ2v) is 3.05. The maximum absolute atomic E-state index is 11.0. The third kappa shape index (κ3) is 2.54. The summed E-state index contributed by atoms with van der Waals surface area (Å²) in [6.07, 6.45) is 4.14. The van der Waals surface area contributed by atoms with E-state index in [2.05, 4.69) is 0 Å². The fourth-order valence-electron chi connectivity index (χ4n) is 1.55. The Bertz CT molecular complexity index is 250. The van der Waals surface area contributed by atoms with E-state index < -0.39 is 4.92 Å². The smallest absolute Gasteiger partial charge is 0.232 e. The zero-order chi connectivity index (χ0) is 9.84. The molecule has 0 radical (unpaired) electrons. The molecule has 5 heteroatoms. The fourth-order valence-corrected chi connectivity index (χ4v) is 1.55. The van der Waals surface area contributed by atoms with Crippen LogP contribution in [0.5, 0.6) is 0 Å². The van der Waals surface area contributed by atoms with Crippen LogP contribution >= 0.6 is 0 Å². The van der Waals surface area contributed by atoms with E-state index in [1.54, 1.807) is 4.90 Å². The molecule has 0 aliphatic carbocycles. The van der Waals surface area contributed by atoms with E-state index in [9.17, 15) is 14.9 Å². The maximum Gasteiger partial charge on any atom is 0.232 e. The summed E-state index contributed by atoms with van der Waals surface area (Å²) in [5.41, 5.74) is 0. The van der Waals surface area contributed by atoms with Gasteiger partial charge >= 0.3 is 0 Å². The molecule has 0 spiro atoms. The van der Waals surface area contributed by atoms with Crippen molar-refractivity contribution >= 4 is 5.91 Å². The number of rotatable bonds is 2. The summed E-state index contributed by atoms with van der Waals surface area (Å²) in [5, 5.41) is 10.0. The van der Waals surface area contributed by atoms with Gasteiger partial charge in [0.1, 0.15) is 0 Å². The number of carbonyl (C=O) groups is 1. The van der Waals surface area contributed by atoms with Gasteiger partial charge in [0.15, 0.2) is 0 Å². The number of nitro groups is 1.